The molecule has 0 spiro atoms. The molecule has 2 rings (SSSR count). The van der Waals surface area contributed by atoms with Crippen molar-refractivity contribution in [1.29, 1.82) is 0 Å². The van der Waals surface area contributed by atoms with Gasteiger partial charge >= 0.3 is 0 Å². The smallest absolute Gasteiger partial charge is 0.150 e. The lowest BCUT2D eigenvalue weighted by molar-refractivity contribution is 0.333. The van der Waals surface area contributed by atoms with Crippen molar-refractivity contribution in [2.75, 3.05) is 0 Å². The number of nitrogens with zero attached hydrogens (tertiary/aromatic N) is 3. The van der Waals surface area contributed by atoms with Crippen molar-refractivity contribution in [1.82, 2.24) is 14.8 Å². The average molecular weight is 250 g/mol. The maximum absolute atomic E-state index is 6.28. The third-order valence-corrected chi connectivity index (χ3v) is 4.03. The van der Waals surface area contributed by atoms with Gasteiger partial charge in [-0.2, -0.15) is 0 Å². The number of hydrogen-bond donors (Lipinski definition) is 1. The Bertz CT molecular complexity index is 366. The minimum absolute atomic E-state index is 0.0491. The Morgan fingerprint density at radius 3 is 2.67 bits per heavy atom. The van der Waals surface area contributed by atoms with E-state index in [4.69, 9.17) is 5.73 Å². The molecular weight excluding hydrogens is 224 g/mol. The van der Waals surface area contributed by atoms with Crippen LogP contribution in [0.3, 0.4) is 0 Å². The van der Waals surface area contributed by atoms with Crippen molar-refractivity contribution in [3.8, 4) is 0 Å². The van der Waals surface area contributed by atoms with Gasteiger partial charge < -0.3 is 10.3 Å². The molecule has 1 atom stereocenters. The van der Waals surface area contributed by atoms with Gasteiger partial charge in [-0.15, -0.1) is 10.2 Å². The van der Waals surface area contributed by atoms with Crippen molar-refractivity contribution in [3.05, 3.63) is 11.6 Å². The van der Waals surface area contributed by atoms with Gasteiger partial charge in [0.25, 0.3) is 0 Å². The largest absolute Gasteiger partial charge is 0.321 e. The summed E-state index contributed by atoms with van der Waals surface area (Å²) in [6.45, 7) is 4.25. The summed E-state index contributed by atoms with van der Waals surface area (Å²) in [7, 11) is 0. The maximum atomic E-state index is 6.28. The van der Waals surface area contributed by atoms with Gasteiger partial charge in [0.15, 0.2) is 0 Å². The first-order chi connectivity index (χ1) is 8.74. The predicted molar refractivity (Wildman–Crippen MR) is 73.3 cm³/mol. The fourth-order valence-electron chi connectivity index (χ4n) is 2.98. The van der Waals surface area contributed by atoms with Gasteiger partial charge in [-0.05, 0) is 26.2 Å². The van der Waals surface area contributed by atoms with E-state index in [2.05, 4.69) is 28.6 Å². The maximum Gasteiger partial charge on any atom is 0.150 e. The van der Waals surface area contributed by atoms with Crippen LogP contribution in [0.15, 0.2) is 0 Å². The molecule has 1 fully saturated rings. The van der Waals surface area contributed by atoms with E-state index >= 15 is 0 Å². The molecule has 2 N–H and O–H groups in total. The van der Waals surface area contributed by atoms with Gasteiger partial charge in [-0.25, -0.2) is 0 Å². The molecule has 4 heteroatoms. The van der Waals surface area contributed by atoms with E-state index < -0.39 is 0 Å². The second-order valence-corrected chi connectivity index (χ2v) is 5.52. The zero-order chi connectivity index (χ0) is 13.0. The Hall–Kier alpha value is -0.900. The van der Waals surface area contributed by atoms with Crippen molar-refractivity contribution in [2.24, 2.45) is 5.73 Å². The van der Waals surface area contributed by atoms with Crippen LogP contribution in [0.1, 0.15) is 82.0 Å². The van der Waals surface area contributed by atoms with E-state index in [-0.39, 0.29) is 6.04 Å². The van der Waals surface area contributed by atoms with Crippen LogP contribution in [0.25, 0.3) is 0 Å². The van der Waals surface area contributed by atoms with Crippen LogP contribution in [0.5, 0.6) is 0 Å². The Kier molecular flexibility index (Phi) is 4.75. The van der Waals surface area contributed by atoms with Crippen molar-refractivity contribution >= 4 is 0 Å². The second kappa shape index (κ2) is 6.32. The zero-order valence-corrected chi connectivity index (χ0v) is 11.7. The molecule has 102 valence electrons. The summed E-state index contributed by atoms with van der Waals surface area (Å²) >= 11 is 0. The highest BCUT2D eigenvalue weighted by Crippen LogP contribution is 2.31. The first-order valence-corrected chi connectivity index (χ1v) is 7.41. The zero-order valence-electron chi connectivity index (χ0n) is 11.7. The van der Waals surface area contributed by atoms with Gasteiger partial charge in [0, 0.05) is 6.04 Å². The summed E-state index contributed by atoms with van der Waals surface area (Å²) < 4.78 is 2.32. The average Bonchev–Trinajstić information content (AvgIpc) is 2.79. The molecule has 1 aliphatic rings. The van der Waals surface area contributed by atoms with Crippen LogP contribution in [0.2, 0.25) is 0 Å². The quantitative estimate of drug-likeness (QED) is 0.872. The third-order valence-electron chi connectivity index (χ3n) is 4.03. The molecule has 0 saturated heterocycles. The second-order valence-electron chi connectivity index (χ2n) is 5.52. The molecule has 1 aromatic heterocycles. The standard InChI is InChI=1S/C14H26N4/c1-3-4-10-13(15)14-17-16-11(2)18(14)12-8-6-5-7-9-12/h12-13H,3-10,15H2,1-2H3. The molecule has 0 radical (unpaired) electrons. The van der Waals surface area contributed by atoms with E-state index in [0.717, 1.165) is 24.5 Å². The SMILES string of the molecule is CCCCC(N)c1nnc(C)n1C1CCCCC1. The fourth-order valence-corrected chi connectivity index (χ4v) is 2.98. The summed E-state index contributed by atoms with van der Waals surface area (Å²) in [5.41, 5.74) is 6.28. The highest BCUT2D eigenvalue weighted by Gasteiger charge is 2.23. The van der Waals surface area contributed by atoms with Crippen LogP contribution < -0.4 is 5.73 Å². The third kappa shape index (κ3) is 2.91. The van der Waals surface area contributed by atoms with Crippen LogP contribution in [0.4, 0.5) is 0 Å². The van der Waals surface area contributed by atoms with Crippen molar-refractivity contribution in [3.63, 3.8) is 0 Å². The molecule has 1 aromatic rings. The molecule has 0 bridgehead atoms. The van der Waals surface area contributed by atoms with Gasteiger partial charge in [0.05, 0.1) is 6.04 Å². The monoisotopic (exact) mass is 250 g/mol. The lowest BCUT2D eigenvalue weighted by Crippen LogP contribution is -2.22. The molecule has 18 heavy (non-hydrogen) atoms. The molecule has 1 unspecified atom stereocenters. The van der Waals surface area contributed by atoms with E-state index in [1.807, 2.05) is 0 Å². The fraction of sp³-hybridized carbons (Fsp3) is 0.857. The number of rotatable bonds is 5. The van der Waals surface area contributed by atoms with E-state index in [9.17, 15) is 0 Å². The van der Waals surface area contributed by atoms with Gasteiger partial charge in [0.2, 0.25) is 0 Å². The summed E-state index contributed by atoms with van der Waals surface area (Å²) in [6.07, 6.45) is 9.90. The topological polar surface area (TPSA) is 56.7 Å². The van der Waals surface area contributed by atoms with E-state index in [1.165, 1.54) is 38.5 Å². The number of hydrogen-bond acceptors (Lipinski definition) is 3. The van der Waals surface area contributed by atoms with Crippen LogP contribution >= 0.6 is 0 Å². The summed E-state index contributed by atoms with van der Waals surface area (Å²) in [6, 6.07) is 0.629. The normalized spacial score (nSPS) is 19.1. The van der Waals surface area contributed by atoms with Crippen LogP contribution in [-0.4, -0.2) is 14.8 Å². The minimum Gasteiger partial charge on any atom is -0.321 e. The van der Waals surface area contributed by atoms with Gasteiger partial charge in [-0.1, -0.05) is 39.0 Å². The highest BCUT2D eigenvalue weighted by molar-refractivity contribution is 5.02. The molecule has 4 nitrogen and oxygen atoms in total. The number of nitrogens with two attached hydrogens (primary N) is 1. The first-order valence-electron chi connectivity index (χ1n) is 7.41. The Morgan fingerprint density at radius 2 is 2.00 bits per heavy atom. The van der Waals surface area contributed by atoms with E-state index in [1.54, 1.807) is 0 Å². The van der Waals surface area contributed by atoms with Crippen LogP contribution in [-0.2, 0) is 0 Å². The summed E-state index contributed by atoms with van der Waals surface area (Å²) in [5.74, 6) is 2.04. The number of aryl methyl sites for hydroxylation is 1. The van der Waals surface area contributed by atoms with Crippen molar-refractivity contribution in [2.45, 2.75) is 77.3 Å². The molecule has 1 saturated carbocycles. The highest BCUT2D eigenvalue weighted by atomic mass is 15.3. The molecule has 0 aromatic carbocycles. The summed E-state index contributed by atoms with van der Waals surface area (Å²) in [5, 5.41) is 8.59. The Labute approximate surface area is 110 Å². The molecular formula is C14H26N4. The lowest BCUT2D eigenvalue weighted by Gasteiger charge is -2.26. The molecule has 1 aliphatic carbocycles. The molecule has 0 amide bonds. The Balaban J connectivity index is 2.15. The predicted octanol–water partition coefficient (Wildman–Crippen LogP) is 3.28. The Morgan fingerprint density at radius 1 is 1.28 bits per heavy atom. The lowest BCUT2D eigenvalue weighted by atomic mass is 9.94. The van der Waals surface area contributed by atoms with Gasteiger partial charge in [0.1, 0.15) is 11.6 Å². The van der Waals surface area contributed by atoms with Gasteiger partial charge in [-0.3, -0.25) is 0 Å². The number of unbranched alkanes of at least 4 members (excludes halogenated alkanes) is 1. The summed E-state index contributed by atoms with van der Waals surface area (Å²) in [4.78, 5) is 0. The first kappa shape index (κ1) is 13.5. The molecule has 0 aliphatic heterocycles. The van der Waals surface area contributed by atoms with Crippen LogP contribution in [0, 0.1) is 6.92 Å². The van der Waals surface area contributed by atoms with E-state index in [0.29, 0.717) is 6.04 Å². The number of aromatic nitrogens is 3. The minimum atomic E-state index is 0.0491. The van der Waals surface area contributed by atoms with Crippen molar-refractivity contribution < 1.29 is 0 Å². The molecule has 1 heterocycles.